The van der Waals surface area contributed by atoms with Crippen LogP contribution in [-0.4, -0.2) is 44.6 Å². The average molecular weight is 438 g/mol. The number of halogens is 2. The Balaban J connectivity index is 1.70. The maximum atomic E-state index is 14.4. The largest absolute Gasteiger partial charge is 0.349 e. The molecule has 0 aliphatic carbocycles. The summed E-state index contributed by atoms with van der Waals surface area (Å²) in [7, 11) is 1.62. The van der Waals surface area contributed by atoms with Gasteiger partial charge in [0, 0.05) is 49.9 Å². The van der Waals surface area contributed by atoms with Crippen molar-refractivity contribution < 1.29 is 8.78 Å². The third-order valence-corrected chi connectivity index (χ3v) is 6.27. The third kappa shape index (κ3) is 3.71. The van der Waals surface area contributed by atoms with E-state index in [1.807, 2.05) is 31.7 Å². The lowest BCUT2D eigenvalue weighted by Gasteiger charge is -2.47. The Bertz CT molecular complexity index is 1280. The van der Waals surface area contributed by atoms with E-state index in [-0.39, 0.29) is 23.8 Å². The zero-order valence-electron chi connectivity index (χ0n) is 18.4. The summed E-state index contributed by atoms with van der Waals surface area (Å²) in [4.78, 5) is 25.4. The molecule has 1 aromatic carbocycles. The Morgan fingerprint density at radius 3 is 2.56 bits per heavy atom. The quantitative estimate of drug-likeness (QED) is 0.625. The zero-order chi connectivity index (χ0) is 23.2. The maximum absolute atomic E-state index is 14.4. The predicted molar refractivity (Wildman–Crippen MR) is 117 cm³/mol. The number of nitrogens with zero attached hydrogens (tertiary/aromatic N) is 6. The molecule has 7 nitrogen and oxygen atoms in total. The molecule has 2 aromatic heterocycles. The van der Waals surface area contributed by atoms with Gasteiger partial charge in [-0.2, -0.15) is 10.2 Å². The van der Waals surface area contributed by atoms with Gasteiger partial charge in [-0.1, -0.05) is 6.07 Å². The number of hydrogen-bond acceptors (Lipinski definition) is 6. The van der Waals surface area contributed by atoms with Crippen LogP contribution in [0, 0.1) is 23.0 Å². The first-order chi connectivity index (χ1) is 15.2. The van der Waals surface area contributed by atoms with Crippen LogP contribution in [0.25, 0.3) is 11.0 Å². The molecule has 1 fully saturated rings. The van der Waals surface area contributed by atoms with Gasteiger partial charge in [-0.15, -0.1) is 0 Å². The standard InChI is InChI=1S/C23H24F2N6O/c1-13-12-31(14(2)11-30(13)15(3)18-7-5-16(24)9-19(18)25)22-21-20(29(4)23(32)28-22)8-6-17(10-26)27-21/h5-9,13-15H,11-12H2,1-4H3/t13-,14+,15?/m1/s1. The number of aromatic nitrogens is 3. The number of anilines is 1. The van der Waals surface area contributed by atoms with Gasteiger partial charge in [0.25, 0.3) is 0 Å². The van der Waals surface area contributed by atoms with E-state index in [9.17, 15) is 18.8 Å². The highest BCUT2D eigenvalue weighted by molar-refractivity contribution is 5.86. The summed E-state index contributed by atoms with van der Waals surface area (Å²) in [6.45, 7) is 7.04. The second-order valence-electron chi connectivity index (χ2n) is 8.34. The van der Waals surface area contributed by atoms with E-state index in [1.165, 1.54) is 16.7 Å². The zero-order valence-corrected chi connectivity index (χ0v) is 18.4. The SMILES string of the molecule is CC(c1ccc(F)cc1F)N1C[C@H](C)N(c2nc(=O)n(C)c3ccc(C#N)nc23)C[C@H]1C. The molecule has 32 heavy (non-hydrogen) atoms. The molecule has 0 spiro atoms. The van der Waals surface area contributed by atoms with Gasteiger partial charge in [0.2, 0.25) is 0 Å². The summed E-state index contributed by atoms with van der Waals surface area (Å²) in [5, 5.41) is 9.28. The number of nitriles is 1. The lowest BCUT2D eigenvalue weighted by atomic mass is 10.00. The van der Waals surface area contributed by atoms with E-state index in [0.29, 0.717) is 35.5 Å². The lowest BCUT2D eigenvalue weighted by Crippen LogP contribution is -2.57. The molecule has 3 aromatic rings. The highest BCUT2D eigenvalue weighted by Crippen LogP contribution is 2.32. The number of fused-ring (bicyclic) bond motifs is 1. The molecular formula is C23H24F2N6O. The van der Waals surface area contributed by atoms with Crippen LogP contribution in [0.2, 0.25) is 0 Å². The minimum atomic E-state index is -0.600. The molecule has 0 radical (unpaired) electrons. The van der Waals surface area contributed by atoms with E-state index in [4.69, 9.17) is 0 Å². The predicted octanol–water partition coefficient (Wildman–Crippen LogP) is 3.14. The van der Waals surface area contributed by atoms with Gasteiger partial charge in [-0.05, 0) is 39.0 Å². The van der Waals surface area contributed by atoms with Crippen LogP contribution in [0.3, 0.4) is 0 Å². The smallest absolute Gasteiger partial charge is 0.349 e. The lowest BCUT2D eigenvalue weighted by molar-refractivity contribution is 0.117. The van der Waals surface area contributed by atoms with Gasteiger partial charge < -0.3 is 4.90 Å². The number of hydrogen-bond donors (Lipinski definition) is 0. The van der Waals surface area contributed by atoms with Crippen molar-refractivity contribution in [1.29, 1.82) is 5.26 Å². The van der Waals surface area contributed by atoms with Crippen LogP contribution in [0.4, 0.5) is 14.6 Å². The van der Waals surface area contributed by atoms with E-state index in [1.54, 1.807) is 19.2 Å². The molecule has 0 bridgehead atoms. The number of piperazine rings is 1. The monoisotopic (exact) mass is 438 g/mol. The second kappa shape index (κ2) is 8.28. The summed E-state index contributed by atoms with van der Waals surface area (Å²) >= 11 is 0. The molecule has 1 saturated heterocycles. The highest BCUT2D eigenvalue weighted by atomic mass is 19.1. The Labute approximate surface area is 184 Å². The van der Waals surface area contributed by atoms with Crippen molar-refractivity contribution in [2.75, 3.05) is 18.0 Å². The topological polar surface area (TPSA) is 78.0 Å². The number of pyridine rings is 1. The molecule has 4 rings (SSSR count). The third-order valence-electron chi connectivity index (χ3n) is 6.27. The van der Waals surface area contributed by atoms with E-state index in [0.717, 1.165) is 6.07 Å². The Morgan fingerprint density at radius 1 is 1.12 bits per heavy atom. The molecule has 3 atom stereocenters. The summed E-state index contributed by atoms with van der Waals surface area (Å²) in [6, 6.07) is 8.66. The number of rotatable bonds is 3. The minimum absolute atomic E-state index is 0.00860. The highest BCUT2D eigenvalue weighted by Gasteiger charge is 2.35. The summed E-state index contributed by atoms with van der Waals surface area (Å²) in [5.41, 5.74) is 1.39. The molecule has 9 heteroatoms. The normalized spacial score (nSPS) is 20.3. The van der Waals surface area contributed by atoms with Gasteiger partial charge in [-0.25, -0.2) is 18.6 Å². The van der Waals surface area contributed by atoms with Crippen molar-refractivity contribution in [3.63, 3.8) is 0 Å². The van der Waals surface area contributed by atoms with Gasteiger partial charge in [0.1, 0.15) is 28.9 Å². The van der Waals surface area contributed by atoms with Gasteiger partial charge in [-0.3, -0.25) is 9.47 Å². The van der Waals surface area contributed by atoms with Crippen molar-refractivity contribution in [3.8, 4) is 6.07 Å². The van der Waals surface area contributed by atoms with Crippen molar-refractivity contribution in [3.05, 3.63) is 63.7 Å². The molecule has 3 heterocycles. The Hall–Kier alpha value is -3.38. The molecule has 1 aliphatic rings. The average Bonchev–Trinajstić information content (AvgIpc) is 2.77. The molecule has 166 valence electrons. The molecule has 1 aliphatic heterocycles. The summed E-state index contributed by atoms with van der Waals surface area (Å²) < 4.78 is 29.2. The van der Waals surface area contributed by atoms with Crippen molar-refractivity contribution in [2.45, 2.75) is 38.9 Å². The summed E-state index contributed by atoms with van der Waals surface area (Å²) in [5.74, 6) is -0.718. The Kier molecular flexibility index (Phi) is 5.65. The number of aryl methyl sites for hydroxylation is 1. The van der Waals surface area contributed by atoms with Crippen LogP contribution in [0.15, 0.2) is 35.1 Å². The fraction of sp³-hybridized carbons (Fsp3) is 0.391. The van der Waals surface area contributed by atoms with Gasteiger partial charge in [0.05, 0.1) is 5.52 Å². The van der Waals surface area contributed by atoms with Crippen LogP contribution in [-0.2, 0) is 7.05 Å². The first-order valence-electron chi connectivity index (χ1n) is 10.5. The molecule has 0 amide bonds. The Morgan fingerprint density at radius 2 is 1.88 bits per heavy atom. The first kappa shape index (κ1) is 21.8. The van der Waals surface area contributed by atoms with Crippen LogP contribution in [0.1, 0.15) is 38.1 Å². The molecule has 0 saturated carbocycles. The van der Waals surface area contributed by atoms with Gasteiger partial charge in [0.15, 0.2) is 5.82 Å². The molecular weight excluding hydrogens is 414 g/mol. The fourth-order valence-electron chi connectivity index (χ4n) is 4.48. The fourth-order valence-corrected chi connectivity index (χ4v) is 4.48. The van der Waals surface area contributed by atoms with Crippen molar-refractivity contribution in [1.82, 2.24) is 19.4 Å². The number of benzene rings is 1. The summed E-state index contributed by atoms with van der Waals surface area (Å²) in [6.07, 6.45) is 0. The van der Waals surface area contributed by atoms with E-state index >= 15 is 0 Å². The maximum Gasteiger partial charge on any atom is 0.349 e. The van der Waals surface area contributed by atoms with Crippen LogP contribution < -0.4 is 10.6 Å². The molecule has 0 N–H and O–H groups in total. The second-order valence-corrected chi connectivity index (χ2v) is 8.34. The van der Waals surface area contributed by atoms with Crippen LogP contribution in [0.5, 0.6) is 0 Å². The molecule has 1 unspecified atom stereocenters. The van der Waals surface area contributed by atoms with E-state index < -0.39 is 17.3 Å². The van der Waals surface area contributed by atoms with Crippen molar-refractivity contribution >= 4 is 16.9 Å². The first-order valence-corrected chi connectivity index (χ1v) is 10.5. The minimum Gasteiger partial charge on any atom is -0.349 e. The van der Waals surface area contributed by atoms with E-state index in [2.05, 4.69) is 14.9 Å². The van der Waals surface area contributed by atoms with Crippen LogP contribution >= 0.6 is 0 Å². The van der Waals surface area contributed by atoms with Gasteiger partial charge >= 0.3 is 5.69 Å². The van der Waals surface area contributed by atoms with Crippen molar-refractivity contribution in [2.24, 2.45) is 7.05 Å².